The first-order valence-corrected chi connectivity index (χ1v) is 10.3. The van der Waals surface area contributed by atoms with E-state index >= 15 is 0 Å². The minimum Gasteiger partial charge on any atom is -0.424 e. The van der Waals surface area contributed by atoms with Gasteiger partial charge in [-0.05, 0) is 35.4 Å². The summed E-state index contributed by atoms with van der Waals surface area (Å²) in [5.41, 5.74) is 2.19. The summed E-state index contributed by atoms with van der Waals surface area (Å²) in [5.74, 6) is 0.134. The maximum absolute atomic E-state index is 13.6. The van der Waals surface area contributed by atoms with Crippen LogP contribution in [0.5, 0.6) is 0 Å². The van der Waals surface area contributed by atoms with Crippen LogP contribution < -0.4 is 0 Å². The third kappa shape index (κ3) is 4.53. The van der Waals surface area contributed by atoms with Crippen LogP contribution in [0.1, 0.15) is 29.6 Å². The maximum Gasteiger partial charge on any atom is 0.223 e. The van der Waals surface area contributed by atoms with Gasteiger partial charge in [-0.25, -0.2) is 9.37 Å². The van der Waals surface area contributed by atoms with Crippen LogP contribution in [0.3, 0.4) is 0 Å². The van der Waals surface area contributed by atoms with Gasteiger partial charge in [0.2, 0.25) is 11.8 Å². The van der Waals surface area contributed by atoms with Crippen LogP contribution in [0.15, 0.2) is 40.8 Å². The van der Waals surface area contributed by atoms with Crippen LogP contribution in [0.25, 0.3) is 21.3 Å². The molecule has 0 radical (unpaired) electrons. The van der Waals surface area contributed by atoms with Crippen molar-refractivity contribution in [3.63, 3.8) is 0 Å². The normalized spacial score (nSPS) is 11.0. The van der Waals surface area contributed by atoms with E-state index in [0.29, 0.717) is 22.9 Å². The summed E-state index contributed by atoms with van der Waals surface area (Å²) < 4.78 is 20.0. The molecule has 0 spiro atoms. The van der Waals surface area contributed by atoms with Crippen molar-refractivity contribution in [3.8, 4) is 17.2 Å². The van der Waals surface area contributed by atoms with Crippen molar-refractivity contribution >= 4 is 38.9 Å². The van der Waals surface area contributed by atoms with Gasteiger partial charge in [-0.3, -0.25) is 4.79 Å². The van der Waals surface area contributed by atoms with E-state index in [1.165, 1.54) is 23.5 Å². The summed E-state index contributed by atoms with van der Waals surface area (Å²) >= 11 is 7.84. The molecule has 0 aliphatic heterocycles. The molecule has 6 nitrogen and oxygen atoms in total. The lowest BCUT2D eigenvalue weighted by molar-refractivity contribution is -0.118. The standard InChI is InChI=1S/C21H14ClFN4O2S/c22-16-8-13(12-3-1-4-14(23)7-12)9-17-21(16)25-20(30-17)11-19-27-26-18(29-19)10-15(28)5-2-6-24/h1,3-4,7-9H,2,5,10-11H2. The Balaban J connectivity index is 1.54. The van der Waals surface area contributed by atoms with E-state index in [2.05, 4.69) is 15.2 Å². The Morgan fingerprint density at radius 1 is 1.20 bits per heavy atom. The zero-order valence-corrected chi connectivity index (χ0v) is 17.1. The van der Waals surface area contributed by atoms with Gasteiger partial charge in [0.25, 0.3) is 0 Å². The smallest absolute Gasteiger partial charge is 0.223 e. The lowest BCUT2D eigenvalue weighted by atomic mass is 10.1. The van der Waals surface area contributed by atoms with Crippen LogP contribution in [0.2, 0.25) is 5.02 Å². The molecule has 2 heterocycles. The molecule has 150 valence electrons. The Hall–Kier alpha value is -3.15. The SMILES string of the molecule is N#CCCC(=O)Cc1nnc(Cc2nc3c(Cl)cc(-c4cccc(F)c4)cc3s2)o1. The largest absolute Gasteiger partial charge is 0.424 e. The third-order valence-corrected chi connectivity index (χ3v) is 5.62. The zero-order chi connectivity index (χ0) is 21.1. The van der Waals surface area contributed by atoms with Crippen LogP contribution >= 0.6 is 22.9 Å². The Morgan fingerprint density at radius 3 is 2.83 bits per heavy atom. The quantitative estimate of drug-likeness (QED) is 0.394. The molecule has 0 amide bonds. The molecule has 30 heavy (non-hydrogen) atoms. The van der Waals surface area contributed by atoms with Crippen molar-refractivity contribution in [3.05, 3.63) is 64.0 Å². The molecule has 9 heteroatoms. The zero-order valence-electron chi connectivity index (χ0n) is 15.6. The van der Waals surface area contributed by atoms with E-state index in [4.69, 9.17) is 21.3 Å². The average Bonchev–Trinajstić information content (AvgIpc) is 3.33. The number of hydrogen-bond acceptors (Lipinski definition) is 7. The average molecular weight is 441 g/mol. The third-order valence-electron chi connectivity index (χ3n) is 4.33. The van der Waals surface area contributed by atoms with Crippen molar-refractivity contribution in [1.82, 2.24) is 15.2 Å². The van der Waals surface area contributed by atoms with Gasteiger partial charge in [0.1, 0.15) is 22.1 Å². The van der Waals surface area contributed by atoms with Crippen molar-refractivity contribution in [1.29, 1.82) is 5.26 Å². The first kappa shape index (κ1) is 20.1. The van der Waals surface area contributed by atoms with Gasteiger partial charge in [-0.2, -0.15) is 5.26 Å². The number of hydrogen-bond donors (Lipinski definition) is 0. The Kier molecular flexibility index (Phi) is 5.84. The maximum atomic E-state index is 13.6. The molecular weight excluding hydrogens is 427 g/mol. The molecule has 0 aliphatic carbocycles. The monoisotopic (exact) mass is 440 g/mol. The van der Waals surface area contributed by atoms with Crippen molar-refractivity contribution < 1.29 is 13.6 Å². The first-order chi connectivity index (χ1) is 14.5. The summed E-state index contributed by atoms with van der Waals surface area (Å²) in [4.78, 5) is 16.3. The highest BCUT2D eigenvalue weighted by atomic mass is 35.5. The van der Waals surface area contributed by atoms with Gasteiger partial charge in [0.05, 0.1) is 28.6 Å². The van der Waals surface area contributed by atoms with Gasteiger partial charge < -0.3 is 4.42 Å². The van der Waals surface area contributed by atoms with E-state index in [1.54, 1.807) is 12.1 Å². The number of carbonyl (C=O) groups excluding carboxylic acids is 1. The summed E-state index contributed by atoms with van der Waals surface area (Å²) in [6, 6.07) is 11.9. The number of rotatable bonds is 7. The van der Waals surface area contributed by atoms with Gasteiger partial charge >= 0.3 is 0 Å². The second kappa shape index (κ2) is 8.69. The number of aromatic nitrogens is 3. The van der Waals surface area contributed by atoms with Gasteiger partial charge in [0, 0.05) is 12.8 Å². The Bertz CT molecular complexity index is 1280. The molecule has 0 bridgehead atoms. The fraction of sp³-hybridized carbons (Fsp3) is 0.190. The minimum atomic E-state index is -0.313. The van der Waals surface area contributed by atoms with Gasteiger partial charge in [-0.1, -0.05) is 23.7 Å². The molecule has 0 aliphatic rings. The molecule has 0 saturated heterocycles. The number of carbonyl (C=O) groups is 1. The van der Waals surface area contributed by atoms with Gasteiger partial charge in [0.15, 0.2) is 0 Å². The predicted octanol–water partition coefficient (Wildman–Crippen LogP) is 5.14. The highest BCUT2D eigenvalue weighted by molar-refractivity contribution is 7.18. The van der Waals surface area contributed by atoms with Crippen molar-refractivity contribution in [2.75, 3.05) is 0 Å². The molecule has 0 fully saturated rings. The number of halogens is 2. The Labute approximate surface area is 180 Å². The number of ketones is 1. The molecule has 2 aromatic carbocycles. The van der Waals surface area contributed by atoms with Crippen molar-refractivity contribution in [2.24, 2.45) is 0 Å². The fourth-order valence-electron chi connectivity index (χ4n) is 2.96. The highest BCUT2D eigenvalue weighted by Crippen LogP contribution is 2.34. The number of Topliss-reactive ketones (excluding diaryl/α,β-unsaturated/α-hetero) is 1. The van der Waals surface area contributed by atoms with E-state index in [0.717, 1.165) is 20.8 Å². The lowest BCUT2D eigenvalue weighted by Gasteiger charge is -2.03. The van der Waals surface area contributed by atoms with Crippen LogP contribution in [0, 0.1) is 17.1 Å². The number of benzene rings is 2. The van der Waals surface area contributed by atoms with E-state index in [-0.39, 0.29) is 36.8 Å². The summed E-state index contributed by atoms with van der Waals surface area (Å²) in [6.45, 7) is 0. The van der Waals surface area contributed by atoms with Crippen LogP contribution in [-0.2, 0) is 17.6 Å². The second-order valence-corrected chi connectivity index (χ2v) is 8.09. The predicted molar refractivity (Wildman–Crippen MR) is 111 cm³/mol. The second-order valence-electron chi connectivity index (χ2n) is 6.56. The number of fused-ring (bicyclic) bond motifs is 1. The topological polar surface area (TPSA) is 92.7 Å². The first-order valence-electron chi connectivity index (χ1n) is 9.06. The summed E-state index contributed by atoms with van der Waals surface area (Å²) in [5, 5.41) is 17.6. The van der Waals surface area contributed by atoms with Gasteiger partial charge in [-0.15, -0.1) is 21.5 Å². The van der Waals surface area contributed by atoms with Crippen LogP contribution in [0.4, 0.5) is 4.39 Å². The van der Waals surface area contributed by atoms with Crippen molar-refractivity contribution in [2.45, 2.75) is 25.7 Å². The van der Waals surface area contributed by atoms with Crippen LogP contribution in [-0.4, -0.2) is 21.0 Å². The fourth-order valence-corrected chi connectivity index (χ4v) is 4.30. The molecule has 4 aromatic rings. The molecule has 0 atom stereocenters. The summed E-state index contributed by atoms with van der Waals surface area (Å²) in [7, 11) is 0. The molecule has 4 rings (SSSR count). The number of nitrogens with zero attached hydrogens (tertiary/aromatic N) is 4. The van der Waals surface area contributed by atoms with E-state index < -0.39 is 0 Å². The molecular formula is C21H14ClFN4O2S. The number of nitriles is 1. The summed E-state index contributed by atoms with van der Waals surface area (Å²) in [6.07, 6.45) is 0.657. The Morgan fingerprint density at radius 2 is 2.03 bits per heavy atom. The minimum absolute atomic E-state index is 0.0113. The molecule has 0 N–H and O–H groups in total. The molecule has 0 saturated carbocycles. The molecule has 2 aromatic heterocycles. The highest BCUT2D eigenvalue weighted by Gasteiger charge is 2.15. The lowest BCUT2D eigenvalue weighted by Crippen LogP contribution is -2.02. The van der Waals surface area contributed by atoms with E-state index in [9.17, 15) is 9.18 Å². The van der Waals surface area contributed by atoms with E-state index in [1.807, 2.05) is 18.2 Å². The number of thiazole rings is 1. The molecule has 0 unspecified atom stereocenters.